The van der Waals surface area contributed by atoms with E-state index in [0.717, 1.165) is 5.56 Å². The first-order valence-corrected chi connectivity index (χ1v) is 8.43. The number of nitrogens with zero attached hydrogens (tertiary/aromatic N) is 1. The van der Waals surface area contributed by atoms with Gasteiger partial charge in [-0.1, -0.05) is 59.6 Å². The molecule has 1 heterocycles. The van der Waals surface area contributed by atoms with Gasteiger partial charge in [-0.05, 0) is 17.7 Å². The highest BCUT2D eigenvalue weighted by atomic mass is 35.5. The lowest BCUT2D eigenvalue weighted by molar-refractivity contribution is -0.133. The topological polar surface area (TPSA) is 70.6 Å². The average molecular weight is 376 g/mol. The lowest BCUT2D eigenvalue weighted by Crippen LogP contribution is -2.34. The Morgan fingerprint density at radius 3 is 2.48 bits per heavy atom. The Labute approximate surface area is 155 Å². The molecule has 2 N–H and O–H groups in total. The molecular weight excluding hydrogens is 361 g/mol. The average Bonchev–Trinajstić information content (AvgIpc) is 3.00. The number of hydrogen-bond acceptors (Lipinski definition) is 3. The summed E-state index contributed by atoms with van der Waals surface area (Å²) in [5.74, 6) is -1.84. The van der Waals surface area contributed by atoms with E-state index < -0.39 is 11.8 Å². The van der Waals surface area contributed by atoms with Gasteiger partial charge in [0.2, 0.25) is 5.91 Å². The summed E-state index contributed by atoms with van der Waals surface area (Å²) in [6, 6.07) is 14.5. The van der Waals surface area contributed by atoms with Crippen molar-refractivity contribution in [2.75, 3.05) is 6.54 Å². The predicted octanol–water partition coefficient (Wildman–Crippen LogP) is 2.97. The minimum atomic E-state index is -0.832. The van der Waals surface area contributed by atoms with Crippen LogP contribution in [0.5, 0.6) is 0 Å². The zero-order chi connectivity index (χ0) is 17.8. The number of rotatable bonds is 4. The molecule has 1 aliphatic heterocycles. The Hall–Kier alpha value is -2.37. The summed E-state index contributed by atoms with van der Waals surface area (Å²) in [7, 11) is 0. The Balaban J connectivity index is 1.73. The van der Waals surface area contributed by atoms with Gasteiger partial charge < -0.3 is 5.32 Å². The zero-order valence-corrected chi connectivity index (χ0v) is 14.6. The monoisotopic (exact) mass is 375 g/mol. The van der Waals surface area contributed by atoms with Gasteiger partial charge in [0.05, 0.1) is 16.3 Å². The van der Waals surface area contributed by atoms with E-state index in [-0.39, 0.29) is 11.8 Å². The third-order valence-electron chi connectivity index (χ3n) is 4.06. The Kier molecular flexibility index (Phi) is 5.36. The summed E-state index contributed by atoms with van der Waals surface area (Å²) < 4.78 is 0. The molecule has 0 aliphatic carbocycles. The van der Waals surface area contributed by atoms with Crippen molar-refractivity contribution in [1.82, 2.24) is 10.7 Å². The van der Waals surface area contributed by atoms with Gasteiger partial charge >= 0.3 is 0 Å². The summed E-state index contributed by atoms with van der Waals surface area (Å²) in [6.07, 6.45) is 1.37. The van der Waals surface area contributed by atoms with E-state index >= 15 is 0 Å². The quantitative estimate of drug-likeness (QED) is 0.489. The number of carbonyl (C=O) groups excluding carboxylic acids is 2. The van der Waals surface area contributed by atoms with Gasteiger partial charge in [0.15, 0.2) is 0 Å². The minimum Gasteiger partial charge on any atom is -0.355 e. The van der Waals surface area contributed by atoms with Crippen LogP contribution in [0.3, 0.4) is 0 Å². The maximum atomic E-state index is 12.4. The van der Waals surface area contributed by atoms with Gasteiger partial charge in [-0.15, -0.1) is 0 Å². The lowest BCUT2D eigenvalue weighted by Gasteiger charge is -2.15. The van der Waals surface area contributed by atoms with E-state index in [1.165, 1.54) is 6.21 Å². The van der Waals surface area contributed by atoms with Gasteiger partial charge in [0.1, 0.15) is 5.92 Å². The van der Waals surface area contributed by atoms with Crippen LogP contribution < -0.4 is 10.7 Å². The Bertz CT molecular complexity index is 804. The summed E-state index contributed by atoms with van der Waals surface area (Å²) in [6.45, 7) is 0.418. The number of nitrogens with one attached hydrogen (secondary N) is 2. The van der Waals surface area contributed by atoms with Gasteiger partial charge in [-0.25, -0.2) is 5.43 Å². The van der Waals surface area contributed by atoms with Crippen LogP contribution in [0, 0.1) is 5.92 Å². The molecule has 128 valence electrons. The Morgan fingerprint density at radius 1 is 1.12 bits per heavy atom. The normalized spacial score (nSPS) is 19.8. The highest BCUT2D eigenvalue weighted by molar-refractivity contribution is 6.38. The van der Waals surface area contributed by atoms with Crippen molar-refractivity contribution in [2.24, 2.45) is 11.0 Å². The standard InChI is InChI=1S/C18H15Cl2N3O2/c19-14-7-4-8-15(20)13(14)10-22-23-18(25)16-12(9-21-17(16)24)11-5-2-1-3-6-11/h1-8,10,12,16H,9H2,(H,21,24)(H,23,25)/t12-,16+/m0/s1. The zero-order valence-electron chi connectivity index (χ0n) is 13.1. The third kappa shape index (κ3) is 3.83. The molecule has 0 bridgehead atoms. The number of carbonyl (C=O) groups is 2. The molecule has 0 saturated carbocycles. The first-order chi connectivity index (χ1) is 12.1. The van der Waals surface area contributed by atoms with Crippen LogP contribution >= 0.6 is 23.2 Å². The fraction of sp³-hybridized carbons (Fsp3) is 0.167. The summed E-state index contributed by atoms with van der Waals surface area (Å²) in [5, 5.41) is 7.47. The molecule has 0 aromatic heterocycles. The fourth-order valence-corrected chi connectivity index (χ4v) is 3.29. The van der Waals surface area contributed by atoms with Crippen molar-refractivity contribution in [3.05, 3.63) is 69.7 Å². The molecular formula is C18H15Cl2N3O2. The van der Waals surface area contributed by atoms with Crippen LogP contribution in [0.25, 0.3) is 0 Å². The van der Waals surface area contributed by atoms with Crippen molar-refractivity contribution in [1.29, 1.82) is 0 Å². The third-order valence-corrected chi connectivity index (χ3v) is 4.72. The molecule has 7 heteroatoms. The highest BCUT2D eigenvalue weighted by Crippen LogP contribution is 2.29. The molecule has 2 aromatic carbocycles. The van der Waals surface area contributed by atoms with Crippen LogP contribution in [0.15, 0.2) is 53.6 Å². The number of hydrazone groups is 1. The number of amides is 2. The van der Waals surface area contributed by atoms with E-state index in [9.17, 15) is 9.59 Å². The lowest BCUT2D eigenvalue weighted by atomic mass is 9.88. The van der Waals surface area contributed by atoms with E-state index in [1.54, 1.807) is 18.2 Å². The van der Waals surface area contributed by atoms with Crippen molar-refractivity contribution in [2.45, 2.75) is 5.92 Å². The molecule has 2 atom stereocenters. The van der Waals surface area contributed by atoms with Crippen LogP contribution in [0.1, 0.15) is 17.0 Å². The number of benzene rings is 2. The van der Waals surface area contributed by atoms with E-state index in [0.29, 0.717) is 22.2 Å². The van der Waals surface area contributed by atoms with Gasteiger partial charge in [-0.2, -0.15) is 5.10 Å². The summed E-state index contributed by atoms with van der Waals surface area (Å²) in [4.78, 5) is 24.5. The van der Waals surface area contributed by atoms with Gasteiger partial charge in [-0.3, -0.25) is 9.59 Å². The molecule has 1 aliphatic rings. The van der Waals surface area contributed by atoms with Gasteiger partial charge in [0, 0.05) is 18.0 Å². The van der Waals surface area contributed by atoms with E-state index in [4.69, 9.17) is 23.2 Å². The van der Waals surface area contributed by atoms with Crippen LogP contribution in [0.2, 0.25) is 10.0 Å². The molecule has 25 heavy (non-hydrogen) atoms. The first kappa shape index (κ1) is 17.5. The SMILES string of the molecule is O=C1NC[C@@H](c2ccccc2)[C@H]1C(=O)NN=Cc1c(Cl)cccc1Cl. The second kappa shape index (κ2) is 7.68. The van der Waals surface area contributed by atoms with E-state index in [2.05, 4.69) is 15.8 Å². The molecule has 3 rings (SSSR count). The fourth-order valence-electron chi connectivity index (χ4n) is 2.80. The summed E-state index contributed by atoms with van der Waals surface area (Å²) >= 11 is 12.1. The molecule has 0 unspecified atom stereocenters. The minimum absolute atomic E-state index is 0.229. The second-order valence-corrected chi connectivity index (χ2v) is 6.42. The van der Waals surface area contributed by atoms with Crippen LogP contribution in [-0.4, -0.2) is 24.6 Å². The molecule has 0 radical (unpaired) electrons. The molecule has 0 spiro atoms. The van der Waals surface area contributed by atoms with E-state index in [1.807, 2.05) is 30.3 Å². The highest BCUT2D eigenvalue weighted by Gasteiger charge is 2.40. The predicted molar refractivity (Wildman–Crippen MR) is 97.9 cm³/mol. The summed E-state index contributed by atoms with van der Waals surface area (Å²) in [5.41, 5.74) is 3.84. The van der Waals surface area contributed by atoms with Crippen LogP contribution in [-0.2, 0) is 9.59 Å². The van der Waals surface area contributed by atoms with Crippen LogP contribution in [0.4, 0.5) is 0 Å². The molecule has 1 fully saturated rings. The first-order valence-electron chi connectivity index (χ1n) is 7.67. The second-order valence-electron chi connectivity index (χ2n) is 5.61. The largest absolute Gasteiger partial charge is 0.355 e. The molecule has 2 amide bonds. The van der Waals surface area contributed by atoms with Crippen molar-refractivity contribution >= 4 is 41.2 Å². The maximum absolute atomic E-state index is 12.4. The number of hydrogen-bond donors (Lipinski definition) is 2. The molecule has 2 aromatic rings. The molecule has 1 saturated heterocycles. The smallest absolute Gasteiger partial charge is 0.253 e. The van der Waals surface area contributed by atoms with Gasteiger partial charge in [0.25, 0.3) is 5.91 Å². The van der Waals surface area contributed by atoms with Crippen molar-refractivity contribution in [3.8, 4) is 0 Å². The molecule has 5 nitrogen and oxygen atoms in total. The van der Waals surface area contributed by atoms with Crippen molar-refractivity contribution in [3.63, 3.8) is 0 Å². The number of halogens is 2. The van der Waals surface area contributed by atoms with Crippen molar-refractivity contribution < 1.29 is 9.59 Å². The maximum Gasteiger partial charge on any atom is 0.253 e. The Morgan fingerprint density at radius 2 is 1.80 bits per heavy atom.